The summed E-state index contributed by atoms with van der Waals surface area (Å²) in [6, 6.07) is 6.09. The van der Waals surface area contributed by atoms with Gasteiger partial charge in [-0.1, -0.05) is 0 Å². The van der Waals surface area contributed by atoms with Gasteiger partial charge in [0.25, 0.3) is 0 Å². The molecule has 5 heteroatoms. The summed E-state index contributed by atoms with van der Waals surface area (Å²) < 4.78 is 19.5. The lowest BCUT2D eigenvalue weighted by Gasteiger charge is -2.10. The fourth-order valence-corrected chi connectivity index (χ4v) is 1.62. The highest BCUT2D eigenvalue weighted by Gasteiger charge is 2.17. The molecular weight excluding hydrogens is 223 g/mol. The molecule has 0 aliphatic carbocycles. The Morgan fingerprint density at radius 3 is 2.76 bits per heavy atom. The van der Waals surface area contributed by atoms with Crippen LogP contribution in [0, 0.1) is 12.9 Å². The van der Waals surface area contributed by atoms with Gasteiger partial charge >= 0.3 is 5.97 Å². The molecule has 0 aliphatic heterocycles. The van der Waals surface area contributed by atoms with Gasteiger partial charge in [-0.05, 0) is 31.2 Å². The quantitative estimate of drug-likeness (QED) is 0.747. The monoisotopic (exact) mass is 234 g/mol. The zero-order valence-electron chi connectivity index (χ0n) is 9.48. The Morgan fingerprint density at radius 2 is 2.18 bits per heavy atom. The van der Waals surface area contributed by atoms with Crippen LogP contribution in [-0.2, 0) is 4.74 Å². The van der Waals surface area contributed by atoms with E-state index in [1.54, 1.807) is 25.1 Å². The normalized spacial score (nSPS) is 10.3. The zero-order chi connectivity index (χ0) is 12.4. The molecule has 2 heterocycles. The number of nitrogens with zero attached hydrogens (tertiary/aromatic N) is 2. The summed E-state index contributed by atoms with van der Waals surface area (Å²) in [7, 11) is 1.28. The van der Waals surface area contributed by atoms with Crippen molar-refractivity contribution in [3.63, 3.8) is 0 Å². The second kappa shape index (κ2) is 4.37. The summed E-state index contributed by atoms with van der Waals surface area (Å²) in [5.41, 5.74) is 0.888. The highest BCUT2D eigenvalue weighted by molar-refractivity contribution is 5.92. The van der Waals surface area contributed by atoms with Crippen molar-refractivity contribution >= 4 is 5.97 Å². The van der Waals surface area contributed by atoms with Crippen molar-refractivity contribution in [1.82, 2.24) is 9.55 Å². The maximum absolute atomic E-state index is 13.6. The van der Waals surface area contributed by atoms with E-state index in [0.29, 0.717) is 5.69 Å². The molecule has 0 fully saturated rings. The SMILES string of the molecule is COC(=O)c1cccnc1-n1c(C)ccc1F. The Bertz CT molecular complexity index is 544. The minimum absolute atomic E-state index is 0.230. The summed E-state index contributed by atoms with van der Waals surface area (Å²) in [5, 5.41) is 0. The minimum Gasteiger partial charge on any atom is -0.465 e. The van der Waals surface area contributed by atoms with Crippen LogP contribution >= 0.6 is 0 Å². The molecule has 0 unspecified atom stereocenters. The van der Waals surface area contributed by atoms with Crippen LogP contribution in [0.15, 0.2) is 30.5 Å². The fraction of sp³-hybridized carbons (Fsp3) is 0.167. The van der Waals surface area contributed by atoms with Crippen LogP contribution in [0.3, 0.4) is 0 Å². The van der Waals surface area contributed by atoms with Crippen molar-refractivity contribution in [2.45, 2.75) is 6.92 Å². The first kappa shape index (κ1) is 11.3. The molecule has 0 amide bonds. The molecule has 17 heavy (non-hydrogen) atoms. The van der Waals surface area contributed by atoms with E-state index in [9.17, 15) is 9.18 Å². The van der Waals surface area contributed by atoms with E-state index in [1.807, 2.05) is 0 Å². The van der Waals surface area contributed by atoms with Crippen molar-refractivity contribution < 1.29 is 13.9 Å². The van der Waals surface area contributed by atoms with Gasteiger partial charge in [0.05, 0.1) is 7.11 Å². The van der Waals surface area contributed by atoms with Crippen LogP contribution in [0.25, 0.3) is 5.82 Å². The van der Waals surface area contributed by atoms with E-state index >= 15 is 0 Å². The summed E-state index contributed by atoms with van der Waals surface area (Å²) in [6.45, 7) is 1.73. The minimum atomic E-state index is -0.541. The lowest BCUT2D eigenvalue weighted by atomic mass is 10.2. The molecule has 0 aliphatic rings. The third-order valence-corrected chi connectivity index (χ3v) is 2.43. The van der Waals surface area contributed by atoms with E-state index in [4.69, 9.17) is 0 Å². The number of hydrogen-bond donors (Lipinski definition) is 0. The van der Waals surface area contributed by atoms with Crippen LogP contribution in [0.2, 0.25) is 0 Å². The molecule has 0 saturated heterocycles. The van der Waals surface area contributed by atoms with E-state index < -0.39 is 11.9 Å². The Balaban J connectivity index is 2.64. The Labute approximate surface area is 97.7 Å². The molecule has 2 rings (SSSR count). The van der Waals surface area contributed by atoms with Crippen molar-refractivity contribution in [3.8, 4) is 5.82 Å². The number of hydrogen-bond acceptors (Lipinski definition) is 3. The number of aryl methyl sites for hydroxylation is 1. The topological polar surface area (TPSA) is 44.1 Å². The molecule has 0 radical (unpaired) electrons. The molecule has 0 spiro atoms. The van der Waals surface area contributed by atoms with E-state index in [1.165, 1.54) is 23.9 Å². The van der Waals surface area contributed by atoms with Gasteiger partial charge < -0.3 is 4.74 Å². The summed E-state index contributed by atoms with van der Waals surface area (Å²) >= 11 is 0. The predicted molar refractivity (Wildman–Crippen MR) is 59.6 cm³/mol. The van der Waals surface area contributed by atoms with Crippen LogP contribution in [0.5, 0.6) is 0 Å². The second-order valence-corrected chi connectivity index (χ2v) is 3.50. The molecule has 0 saturated carbocycles. The Hall–Kier alpha value is -2.17. The van der Waals surface area contributed by atoms with Crippen LogP contribution < -0.4 is 0 Å². The third-order valence-electron chi connectivity index (χ3n) is 2.43. The molecule has 2 aromatic rings. The van der Waals surface area contributed by atoms with E-state index in [0.717, 1.165) is 0 Å². The number of pyridine rings is 1. The lowest BCUT2D eigenvalue weighted by molar-refractivity contribution is 0.0600. The molecule has 2 aromatic heterocycles. The largest absolute Gasteiger partial charge is 0.465 e. The first-order valence-electron chi connectivity index (χ1n) is 5.02. The van der Waals surface area contributed by atoms with Gasteiger partial charge in [0.2, 0.25) is 0 Å². The lowest BCUT2D eigenvalue weighted by Crippen LogP contribution is -2.11. The summed E-state index contributed by atoms with van der Waals surface area (Å²) in [6.07, 6.45) is 1.50. The number of halogens is 1. The summed E-state index contributed by atoms with van der Waals surface area (Å²) in [4.78, 5) is 15.6. The molecule has 88 valence electrons. The first-order valence-corrected chi connectivity index (χ1v) is 5.02. The second-order valence-electron chi connectivity index (χ2n) is 3.50. The van der Waals surface area contributed by atoms with Gasteiger partial charge in [0, 0.05) is 11.9 Å². The fourth-order valence-electron chi connectivity index (χ4n) is 1.62. The maximum atomic E-state index is 13.6. The molecule has 0 atom stereocenters. The van der Waals surface area contributed by atoms with Crippen LogP contribution in [-0.4, -0.2) is 22.6 Å². The van der Waals surface area contributed by atoms with Crippen LogP contribution in [0.4, 0.5) is 4.39 Å². The standard InChI is InChI=1S/C12H11FN2O2/c1-8-5-6-10(13)15(8)11-9(12(16)17-2)4-3-7-14-11/h3-7H,1-2H3. The van der Waals surface area contributed by atoms with Gasteiger partial charge in [-0.2, -0.15) is 4.39 Å². The van der Waals surface area contributed by atoms with Gasteiger partial charge in [-0.15, -0.1) is 0 Å². The van der Waals surface area contributed by atoms with Crippen molar-refractivity contribution in [3.05, 3.63) is 47.7 Å². The predicted octanol–water partition coefficient (Wildman–Crippen LogP) is 2.11. The maximum Gasteiger partial charge on any atom is 0.341 e. The smallest absolute Gasteiger partial charge is 0.341 e. The number of methoxy groups -OCH3 is 1. The van der Waals surface area contributed by atoms with Crippen LogP contribution in [0.1, 0.15) is 16.1 Å². The van der Waals surface area contributed by atoms with Gasteiger partial charge in [-0.3, -0.25) is 4.57 Å². The van der Waals surface area contributed by atoms with E-state index in [-0.39, 0.29) is 11.4 Å². The van der Waals surface area contributed by atoms with Crippen molar-refractivity contribution in [1.29, 1.82) is 0 Å². The number of aromatic nitrogens is 2. The van der Waals surface area contributed by atoms with Crippen molar-refractivity contribution in [2.75, 3.05) is 7.11 Å². The highest BCUT2D eigenvalue weighted by Crippen LogP contribution is 2.18. The zero-order valence-corrected chi connectivity index (χ0v) is 9.48. The molecule has 0 aromatic carbocycles. The number of esters is 1. The average Bonchev–Trinajstić information content (AvgIpc) is 2.68. The number of carbonyl (C=O) groups is 1. The molecule has 0 bridgehead atoms. The average molecular weight is 234 g/mol. The van der Waals surface area contributed by atoms with Gasteiger partial charge in [-0.25, -0.2) is 9.78 Å². The molecular formula is C12H11FN2O2. The van der Waals surface area contributed by atoms with E-state index in [2.05, 4.69) is 9.72 Å². The Kier molecular flexibility index (Phi) is 2.91. The molecule has 4 nitrogen and oxygen atoms in total. The number of ether oxygens (including phenoxy) is 1. The number of carbonyl (C=O) groups excluding carboxylic acids is 1. The molecule has 0 N–H and O–H groups in total. The highest BCUT2D eigenvalue weighted by atomic mass is 19.1. The van der Waals surface area contributed by atoms with Crippen molar-refractivity contribution in [2.24, 2.45) is 0 Å². The number of rotatable bonds is 2. The van der Waals surface area contributed by atoms with Gasteiger partial charge in [0.15, 0.2) is 11.8 Å². The first-order chi connectivity index (χ1) is 8.15. The Morgan fingerprint density at radius 1 is 1.41 bits per heavy atom. The van der Waals surface area contributed by atoms with Gasteiger partial charge in [0.1, 0.15) is 5.56 Å². The third kappa shape index (κ3) is 1.91. The summed E-state index contributed by atoms with van der Waals surface area (Å²) in [5.74, 6) is -0.772.